The van der Waals surface area contributed by atoms with E-state index in [1.165, 1.54) is 6.20 Å². The van der Waals surface area contributed by atoms with Crippen LogP contribution in [0.1, 0.15) is 42.7 Å². The first-order valence-electron chi connectivity index (χ1n) is 7.45. The lowest BCUT2D eigenvalue weighted by Crippen LogP contribution is -2.27. The molecule has 6 nitrogen and oxygen atoms in total. The van der Waals surface area contributed by atoms with Gasteiger partial charge in [0.1, 0.15) is 5.82 Å². The van der Waals surface area contributed by atoms with Crippen LogP contribution in [0.15, 0.2) is 42.9 Å². The Balaban J connectivity index is 2.06. The van der Waals surface area contributed by atoms with E-state index in [9.17, 15) is 9.59 Å². The molecule has 2 aromatic rings. The molecule has 0 spiro atoms. The molecule has 2 aromatic heterocycles. The number of rotatable bonds is 5. The molecule has 6 heteroatoms. The number of aromatic nitrogens is 2. The average Bonchev–Trinajstić information content (AvgIpc) is 2.55. The maximum atomic E-state index is 12.1. The Morgan fingerprint density at radius 1 is 1.13 bits per heavy atom. The lowest BCUT2D eigenvalue weighted by Gasteiger charge is -2.15. The molecule has 1 atom stereocenters. The van der Waals surface area contributed by atoms with E-state index in [2.05, 4.69) is 20.6 Å². The zero-order chi connectivity index (χ0) is 16.8. The zero-order valence-corrected chi connectivity index (χ0v) is 13.4. The van der Waals surface area contributed by atoms with Crippen molar-refractivity contribution in [1.29, 1.82) is 0 Å². The lowest BCUT2D eigenvalue weighted by molar-refractivity contribution is -0.118. The van der Waals surface area contributed by atoms with E-state index in [0.29, 0.717) is 11.4 Å². The van der Waals surface area contributed by atoms with Gasteiger partial charge in [0.15, 0.2) is 0 Å². The minimum Gasteiger partial charge on any atom is -0.345 e. The molecule has 2 rings (SSSR count). The summed E-state index contributed by atoms with van der Waals surface area (Å²) < 4.78 is 0. The maximum Gasteiger partial charge on any atom is 0.253 e. The van der Waals surface area contributed by atoms with E-state index in [-0.39, 0.29) is 23.8 Å². The molecule has 0 fully saturated rings. The molecule has 0 saturated heterocycles. The van der Waals surface area contributed by atoms with Crippen molar-refractivity contribution in [2.75, 3.05) is 5.32 Å². The molecule has 0 aliphatic rings. The summed E-state index contributed by atoms with van der Waals surface area (Å²) in [5, 5.41) is 5.65. The second-order valence-corrected chi connectivity index (χ2v) is 5.56. The molecule has 0 bridgehead atoms. The number of nitrogens with one attached hydrogen (secondary N) is 2. The highest BCUT2D eigenvalue weighted by Gasteiger charge is 2.13. The highest BCUT2D eigenvalue weighted by molar-refractivity contribution is 5.94. The zero-order valence-electron chi connectivity index (χ0n) is 13.4. The van der Waals surface area contributed by atoms with Crippen molar-refractivity contribution in [1.82, 2.24) is 15.3 Å². The Bertz CT molecular complexity index is 686. The van der Waals surface area contributed by atoms with Gasteiger partial charge in [0.25, 0.3) is 5.91 Å². The third-order valence-electron chi connectivity index (χ3n) is 3.33. The maximum absolute atomic E-state index is 12.1. The van der Waals surface area contributed by atoms with Crippen LogP contribution in [0.3, 0.4) is 0 Å². The smallest absolute Gasteiger partial charge is 0.253 e. The number of hydrogen-bond donors (Lipinski definition) is 2. The molecule has 0 aliphatic heterocycles. The molecular weight excluding hydrogens is 292 g/mol. The fourth-order valence-corrected chi connectivity index (χ4v) is 1.92. The van der Waals surface area contributed by atoms with Gasteiger partial charge in [-0.3, -0.25) is 14.6 Å². The van der Waals surface area contributed by atoms with Crippen molar-refractivity contribution in [3.05, 3.63) is 54.0 Å². The van der Waals surface area contributed by atoms with Crippen LogP contribution in [0.2, 0.25) is 0 Å². The summed E-state index contributed by atoms with van der Waals surface area (Å²) in [4.78, 5) is 31.9. The van der Waals surface area contributed by atoms with E-state index in [4.69, 9.17) is 0 Å². The Labute approximate surface area is 135 Å². The number of nitrogens with zero attached hydrogens (tertiary/aromatic N) is 2. The average molecular weight is 312 g/mol. The first-order chi connectivity index (χ1) is 11.0. The first kappa shape index (κ1) is 16.6. The Morgan fingerprint density at radius 3 is 2.57 bits per heavy atom. The number of pyridine rings is 2. The Hall–Kier alpha value is -2.76. The summed E-state index contributed by atoms with van der Waals surface area (Å²) in [6.45, 7) is 5.50. The first-order valence-corrected chi connectivity index (χ1v) is 7.45. The van der Waals surface area contributed by atoms with Crippen LogP contribution in [0.5, 0.6) is 0 Å². The number of hydrogen-bond acceptors (Lipinski definition) is 4. The van der Waals surface area contributed by atoms with Crippen LogP contribution in [0.25, 0.3) is 0 Å². The van der Waals surface area contributed by atoms with Crippen molar-refractivity contribution in [2.24, 2.45) is 5.92 Å². The molecule has 1 unspecified atom stereocenters. The molecule has 2 N–H and O–H groups in total. The summed E-state index contributed by atoms with van der Waals surface area (Å²) >= 11 is 0. The Morgan fingerprint density at radius 2 is 1.91 bits per heavy atom. The van der Waals surface area contributed by atoms with Gasteiger partial charge in [0.2, 0.25) is 5.91 Å². The van der Waals surface area contributed by atoms with Crippen molar-refractivity contribution in [3.63, 3.8) is 0 Å². The van der Waals surface area contributed by atoms with Crippen molar-refractivity contribution in [2.45, 2.75) is 26.8 Å². The highest BCUT2D eigenvalue weighted by Crippen LogP contribution is 2.16. The second-order valence-electron chi connectivity index (χ2n) is 5.56. The molecule has 0 aliphatic carbocycles. The molecule has 0 radical (unpaired) electrons. The van der Waals surface area contributed by atoms with Gasteiger partial charge in [0, 0.05) is 24.5 Å². The minimum atomic E-state index is -0.222. The van der Waals surface area contributed by atoms with Crippen molar-refractivity contribution < 1.29 is 9.59 Å². The van der Waals surface area contributed by atoms with E-state index in [1.54, 1.807) is 36.7 Å². The van der Waals surface area contributed by atoms with Crippen molar-refractivity contribution >= 4 is 17.6 Å². The van der Waals surface area contributed by atoms with Gasteiger partial charge >= 0.3 is 0 Å². The number of anilines is 1. The number of carbonyl (C=O) groups is 2. The lowest BCUT2D eigenvalue weighted by atomic mass is 10.1. The standard InChI is InChI=1S/C17H20N4O2/c1-11(2)16(22)21-15-9-13(6-8-19-15)12(3)20-17(23)14-5-4-7-18-10-14/h4-12H,1-3H3,(H,20,23)(H,19,21,22). The van der Waals surface area contributed by atoms with Gasteiger partial charge in [-0.15, -0.1) is 0 Å². The monoisotopic (exact) mass is 312 g/mol. The molecule has 120 valence electrons. The van der Waals surface area contributed by atoms with Crippen LogP contribution < -0.4 is 10.6 Å². The molecule has 0 aromatic carbocycles. The summed E-state index contributed by atoms with van der Waals surface area (Å²) in [7, 11) is 0. The van der Waals surface area contributed by atoms with Crippen LogP contribution in [0, 0.1) is 5.92 Å². The third kappa shape index (κ3) is 4.60. The largest absolute Gasteiger partial charge is 0.345 e. The predicted molar refractivity (Wildman–Crippen MR) is 87.8 cm³/mol. The van der Waals surface area contributed by atoms with E-state index in [1.807, 2.05) is 20.8 Å². The van der Waals surface area contributed by atoms with Gasteiger partial charge in [-0.2, -0.15) is 0 Å². The second kappa shape index (κ2) is 7.49. The van der Waals surface area contributed by atoms with Gasteiger partial charge in [-0.1, -0.05) is 13.8 Å². The van der Waals surface area contributed by atoms with Crippen LogP contribution in [-0.4, -0.2) is 21.8 Å². The van der Waals surface area contributed by atoms with Crippen LogP contribution in [0.4, 0.5) is 5.82 Å². The Kier molecular flexibility index (Phi) is 5.41. The summed E-state index contributed by atoms with van der Waals surface area (Å²) in [5.74, 6) is 0.0590. The van der Waals surface area contributed by atoms with E-state index >= 15 is 0 Å². The molecule has 2 heterocycles. The normalized spacial score (nSPS) is 11.8. The quantitative estimate of drug-likeness (QED) is 0.888. The van der Waals surface area contributed by atoms with Gasteiger partial charge in [-0.05, 0) is 36.8 Å². The van der Waals surface area contributed by atoms with Crippen LogP contribution in [-0.2, 0) is 4.79 Å². The fraction of sp³-hybridized carbons (Fsp3) is 0.294. The fourth-order valence-electron chi connectivity index (χ4n) is 1.92. The third-order valence-corrected chi connectivity index (χ3v) is 3.33. The minimum absolute atomic E-state index is 0.0956. The summed E-state index contributed by atoms with van der Waals surface area (Å²) in [5.41, 5.74) is 1.36. The number of carbonyl (C=O) groups excluding carboxylic acids is 2. The molecular formula is C17H20N4O2. The summed E-state index contributed by atoms with van der Waals surface area (Å²) in [6, 6.07) is 6.76. The SMILES string of the molecule is CC(C)C(=O)Nc1cc(C(C)NC(=O)c2cccnc2)ccn1. The topological polar surface area (TPSA) is 84.0 Å². The van der Waals surface area contributed by atoms with Gasteiger partial charge in [-0.25, -0.2) is 4.98 Å². The van der Waals surface area contributed by atoms with E-state index in [0.717, 1.165) is 5.56 Å². The van der Waals surface area contributed by atoms with Crippen molar-refractivity contribution in [3.8, 4) is 0 Å². The number of amides is 2. The predicted octanol–water partition coefficient (Wildman–Crippen LogP) is 2.56. The molecule has 23 heavy (non-hydrogen) atoms. The summed E-state index contributed by atoms with van der Waals surface area (Å²) in [6.07, 6.45) is 4.74. The highest BCUT2D eigenvalue weighted by atomic mass is 16.2. The molecule has 0 saturated carbocycles. The molecule has 2 amide bonds. The van der Waals surface area contributed by atoms with E-state index < -0.39 is 0 Å². The van der Waals surface area contributed by atoms with Gasteiger partial charge in [0.05, 0.1) is 11.6 Å². The van der Waals surface area contributed by atoms with Crippen LogP contribution >= 0.6 is 0 Å². The van der Waals surface area contributed by atoms with Gasteiger partial charge < -0.3 is 10.6 Å².